The molecule has 2 rings (SSSR count). The number of nitrogens with one attached hydrogen (secondary N) is 1. The molecule has 21 heavy (non-hydrogen) atoms. The van der Waals surface area contributed by atoms with Crippen molar-refractivity contribution >= 4 is 23.5 Å². The van der Waals surface area contributed by atoms with Gasteiger partial charge in [0.25, 0.3) is 0 Å². The van der Waals surface area contributed by atoms with Crippen LogP contribution >= 0.6 is 23.5 Å². The molecule has 1 heterocycles. The smallest absolute Gasteiger partial charge is 0.162 e. The summed E-state index contributed by atoms with van der Waals surface area (Å²) in [5, 5.41) is 12.2. The molecule has 1 aliphatic rings. The van der Waals surface area contributed by atoms with Crippen LogP contribution in [0.25, 0.3) is 0 Å². The monoisotopic (exact) mass is 329 g/mol. The van der Waals surface area contributed by atoms with Crippen LogP contribution in [0.2, 0.25) is 0 Å². The standard InChI is InChI=1S/C15H23NO3S2/c1-20-15-10-14-13(18-5-6-19-14)9-12(15)11-16-3-8-21-7-2-4-17/h9-10,16-17H,2-8,11H2,1H3. The van der Waals surface area contributed by atoms with Crippen LogP contribution < -0.4 is 14.8 Å². The zero-order valence-electron chi connectivity index (χ0n) is 12.4. The summed E-state index contributed by atoms with van der Waals surface area (Å²) in [5.74, 6) is 3.80. The van der Waals surface area contributed by atoms with E-state index in [2.05, 4.69) is 23.7 Å². The fraction of sp³-hybridized carbons (Fsp3) is 0.600. The topological polar surface area (TPSA) is 50.7 Å². The molecule has 0 bridgehead atoms. The van der Waals surface area contributed by atoms with Crippen molar-refractivity contribution in [3.8, 4) is 11.5 Å². The van der Waals surface area contributed by atoms with Crippen LogP contribution in [-0.2, 0) is 6.54 Å². The lowest BCUT2D eigenvalue weighted by atomic mass is 10.2. The van der Waals surface area contributed by atoms with Gasteiger partial charge >= 0.3 is 0 Å². The van der Waals surface area contributed by atoms with Crippen molar-refractivity contribution in [1.29, 1.82) is 0 Å². The fourth-order valence-electron chi connectivity index (χ4n) is 2.08. The molecule has 0 fully saturated rings. The van der Waals surface area contributed by atoms with Crippen molar-refractivity contribution in [2.24, 2.45) is 0 Å². The van der Waals surface area contributed by atoms with Gasteiger partial charge in [0.15, 0.2) is 11.5 Å². The quantitative estimate of drug-likeness (QED) is 0.536. The number of rotatable bonds is 9. The average molecular weight is 329 g/mol. The molecule has 0 saturated heterocycles. The van der Waals surface area contributed by atoms with Crippen LogP contribution in [0, 0.1) is 0 Å². The minimum absolute atomic E-state index is 0.286. The Morgan fingerprint density at radius 1 is 1.19 bits per heavy atom. The third-order valence-corrected chi connectivity index (χ3v) is 5.02. The van der Waals surface area contributed by atoms with E-state index in [4.69, 9.17) is 14.6 Å². The van der Waals surface area contributed by atoms with Crippen LogP contribution in [-0.4, -0.2) is 49.2 Å². The van der Waals surface area contributed by atoms with Crippen molar-refractivity contribution in [3.05, 3.63) is 17.7 Å². The summed E-state index contributed by atoms with van der Waals surface area (Å²) in [5.41, 5.74) is 1.26. The Kier molecular flexibility index (Phi) is 7.57. The minimum Gasteiger partial charge on any atom is -0.486 e. The fourth-order valence-corrected chi connectivity index (χ4v) is 3.52. The number of aliphatic hydroxyl groups is 1. The van der Waals surface area contributed by atoms with E-state index in [0.29, 0.717) is 13.2 Å². The molecule has 0 aromatic heterocycles. The van der Waals surface area contributed by atoms with Crippen LogP contribution in [0.1, 0.15) is 12.0 Å². The van der Waals surface area contributed by atoms with Gasteiger partial charge in [0, 0.05) is 30.3 Å². The summed E-state index contributed by atoms with van der Waals surface area (Å²) in [7, 11) is 0. The molecule has 0 saturated carbocycles. The molecule has 118 valence electrons. The second-order valence-electron chi connectivity index (χ2n) is 4.67. The number of hydrogen-bond donors (Lipinski definition) is 2. The largest absolute Gasteiger partial charge is 0.486 e. The minimum atomic E-state index is 0.286. The van der Waals surface area contributed by atoms with Gasteiger partial charge in [-0.1, -0.05) is 0 Å². The molecule has 1 aliphatic heterocycles. The first-order chi connectivity index (χ1) is 10.3. The van der Waals surface area contributed by atoms with Gasteiger partial charge < -0.3 is 19.9 Å². The van der Waals surface area contributed by atoms with Crippen LogP contribution in [0.15, 0.2) is 17.0 Å². The molecular formula is C15H23NO3S2. The van der Waals surface area contributed by atoms with E-state index < -0.39 is 0 Å². The molecule has 4 nitrogen and oxygen atoms in total. The molecule has 0 spiro atoms. The summed E-state index contributed by atoms with van der Waals surface area (Å²) in [6, 6.07) is 4.17. The normalized spacial score (nSPS) is 13.4. The van der Waals surface area contributed by atoms with Crippen LogP contribution in [0.5, 0.6) is 11.5 Å². The Hall–Kier alpha value is -0.560. The van der Waals surface area contributed by atoms with Gasteiger partial charge in [-0.25, -0.2) is 0 Å². The van der Waals surface area contributed by atoms with E-state index in [-0.39, 0.29) is 6.61 Å². The maximum Gasteiger partial charge on any atom is 0.162 e. The zero-order valence-corrected chi connectivity index (χ0v) is 14.0. The molecule has 1 aromatic rings. The first kappa shape index (κ1) is 16.8. The summed E-state index contributed by atoms with van der Waals surface area (Å²) in [4.78, 5) is 1.24. The Balaban J connectivity index is 1.81. The molecule has 1 aromatic carbocycles. The van der Waals surface area contributed by atoms with E-state index in [1.54, 1.807) is 11.8 Å². The van der Waals surface area contributed by atoms with Gasteiger partial charge in [0.2, 0.25) is 0 Å². The maximum atomic E-state index is 8.72. The summed E-state index contributed by atoms with van der Waals surface area (Å²) >= 11 is 3.61. The number of ether oxygens (including phenoxy) is 2. The van der Waals surface area contributed by atoms with Gasteiger partial charge in [0.05, 0.1) is 0 Å². The molecule has 0 radical (unpaired) electrons. The van der Waals surface area contributed by atoms with E-state index in [1.165, 1.54) is 10.5 Å². The van der Waals surface area contributed by atoms with Gasteiger partial charge in [-0.2, -0.15) is 11.8 Å². The third kappa shape index (κ3) is 5.29. The van der Waals surface area contributed by atoms with Crippen molar-refractivity contribution in [2.75, 3.05) is 44.1 Å². The Bertz CT molecular complexity index is 443. The van der Waals surface area contributed by atoms with Gasteiger partial charge in [-0.05, 0) is 36.1 Å². The summed E-state index contributed by atoms with van der Waals surface area (Å²) in [6.45, 7) is 3.35. The molecule has 2 N–H and O–H groups in total. The van der Waals surface area contributed by atoms with Crippen molar-refractivity contribution in [2.45, 2.75) is 17.9 Å². The Morgan fingerprint density at radius 3 is 2.67 bits per heavy atom. The van der Waals surface area contributed by atoms with Crippen molar-refractivity contribution in [1.82, 2.24) is 5.32 Å². The molecular weight excluding hydrogens is 306 g/mol. The number of hydrogen-bond acceptors (Lipinski definition) is 6. The Labute approximate surface area is 135 Å². The average Bonchev–Trinajstić information content (AvgIpc) is 2.53. The molecule has 0 atom stereocenters. The molecule has 0 amide bonds. The second-order valence-corrected chi connectivity index (χ2v) is 6.75. The first-order valence-corrected chi connectivity index (χ1v) is 9.59. The summed E-state index contributed by atoms with van der Waals surface area (Å²) < 4.78 is 11.3. The van der Waals surface area contributed by atoms with Gasteiger partial charge in [0.1, 0.15) is 13.2 Å². The maximum absolute atomic E-state index is 8.72. The number of aliphatic hydroxyl groups excluding tert-OH is 1. The predicted octanol–water partition coefficient (Wildman–Crippen LogP) is 2.38. The molecule has 0 aliphatic carbocycles. The number of thioether (sulfide) groups is 2. The lowest BCUT2D eigenvalue weighted by Gasteiger charge is -2.21. The molecule has 0 unspecified atom stereocenters. The highest BCUT2D eigenvalue weighted by Crippen LogP contribution is 2.36. The second kappa shape index (κ2) is 9.46. The first-order valence-electron chi connectivity index (χ1n) is 7.21. The van der Waals surface area contributed by atoms with E-state index in [9.17, 15) is 0 Å². The van der Waals surface area contributed by atoms with Gasteiger partial charge in [-0.3, -0.25) is 0 Å². The highest BCUT2D eigenvalue weighted by molar-refractivity contribution is 7.99. The highest BCUT2D eigenvalue weighted by Gasteiger charge is 2.15. The van der Waals surface area contributed by atoms with Gasteiger partial charge in [-0.15, -0.1) is 11.8 Å². The lowest BCUT2D eigenvalue weighted by Crippen LogP contribution is -2.19. The van der Waals surface area contributed by atoms with E-state index in [1.807, 2.05) is 11.8 Å². The molecule has 6 heteroatoms. The van der Waals surface area contributed by atoms with Crippen molar-refractivity contribution < 1.29 is 14.6 Å². The van der Waals surface area contributed by atoms with Crippen LogP contribution in [0.4, 0.5) is 0 Å². The third-order valence-electron chi connectivity index (χ3n) is 3.13. The zero-order chi connectivity index (χ0) is 14.9. The van der Waals surface area contributed by atoms with E-state index in [0.717, 1.165) is 42.5 Å². The highest BCUT2D eigenvalue weighted by atomic mass is 32.2. The van der Waals surface area contributed by atoms with Crippen LogP contribution in [0.3, 0.4) is 0 Å². The number of benzene rings is 1. The Morgan fingerprint density at radius 2 is 1.95 bits per heavy atom. The predicted molar refractivity (Wildman–Crippen MR) is 89.9 cm³/mol. The number of fused-ring (bicyclic) bond motifs is 1. The van der Waals surface area contributed by atoms with Crippen molar-refractivity contribution in [3.63, 3.8) is 0 Å². The van der Waals surface area contributed by atoms with E-state index >= 15 is 0 Å². The lowest BCUT2D eigenvalue weighted by molar-refractivity contribution is 0.171. The summed E-state index contributed by atoms with van der Waals surface area (Å²) in [6.07, 6.45) is 2.96. The SMILES string of the molecule is CSc1cc2c(cc1CNCCSCCCO)OCCO2.